The Morgan fingerprint density at radius 1 is 1.23 bits per heavy atom. The van der Waals surface area contributed by atoms with Gasteiger partial charge in [0, 0.05) is 43.4 Å². The Morgan fingerprint density at radius 2 is 2.06 bits per heavy atom. The number of nitrogens with one attached hydrogen (secondary N) is 2. The van der Waals surface area contributed by atoms with Crippen LogP contribution in [0.25, 0.3) is 0 Å². The first-order valence-corrected chi connectivity index (χ1v) is 11.8. The van der Waals surface area contributed by atoms with Crippen molar-refractivity contribution in [2.24, 2.45) is 10.2 Å². The molecule has 0 spiro atoms. The maximum atomic E-state index is 14.6. The molecule has 9 nitrogen and oxygen atoms in total. The molecule has 35 heavy (non-hydrogen) atoms. The fourth-order valence-electron chi connectivity index (χ4n) is 4.80. The van der Waals surface area contributed by atoms with E-state index >= 15 is 0 Å². The monoisotopic (exact) mass is 479 g/mol. The molecule has 182 valence electrons. The Kier molecular flexibility index (Phi) is 6.43. The molecule has 1 atom stereocenters. The minimum Gasteiger partial charge on any atom is -0.459 e. The van der Waals surface area contributed by atoms with Crippen LogP contribution in [0.5, 0.6) is 0 Å². The summed E-state index contributed by atoms with van der Waals surface area (Å²) in [5.74, 6) is -1.28. The number of halogens is 1. The van der Waals surface area contributed by atoms with Gasteiger partial charge in [-0.3, -0.25) is 14.4 Å². The average molecular weight is 480 g/mol. The highest BCUT2D eigenvalue weighted by Crippen LogP contribution is 2.27. The van der Waals surface area contributed by atoms with Crippen LogP contribution in [0.2, 0.25) is 0 Å². The number of carbonyl (C=O) groups excluding carboxylic acids is 3. The molecule has 0 aliphatic carbocycles. The van der Waals surface area contributed by atoms with E-state index in [2.05, 4.69) is 20.9 Å². The number of amides is 3. The quantitative estimate of drug-likeness (QED) is 0.684. The first-order valence-electron chi connectivity index (χ1n) is 11.8. The number of rotatable bonds is 5. The number of hydrogen-bond donors (Lipinski definition) is 2. The molecule has 5 rings (SSSR count). The lowest BCUT2D eigenvalue weighted by Crippen LogP contribution is -2.46. The summed E-state index contributed by atoms with van der Waals surface area (Å²) in [7, 11) is 0. The Morgan fingerprint density at radius 3 is 2.83 bits per heavy atom. The van der Waals surface area contributed by atoms with Gasteiger partial charge in [-0.15, -0.1) is 5.11 Å². The molecule has 1 aromatic heterocycles. The van der Waals surface area contributed by atoms with Crippen LogP contribution >= 0.6 is 0 Å². The lowest BCUT2D eigenvalue weighted by atomic mass is 9.93. The second kappa shape index (κ2) is 9.81. The number of hydrogen-bond acceptors (Lipinski definition) is 6. The van der Waals surface area contributed by atoms with Crippen LogP contribution in [-0.2, 0) is 11.2 Å². The minimum absolute atomic E-state index is 0.0359. The van der Waals surface area contributed by atoms with Crippen LogP contribution in [0.1, 0.15) is 52.2 Å². The Hall–Kier alpha value is -3.82. The first-order chi connectivity index (χ1) is 17.0. The summed E-state index contributed by atoms with van der Waals surface area (Å²) in [5.41, 5.74) is 2.13. The van der Waals surface area contributed by atoms with E-state index in [-0.39, 0.29) is 29.5 Å². The van der Waals surface area contributed by atoms with E-state index in [1.165, 1.54) is 18.4 Å². The zero-order valence-corrected chi connectivity index (χ0v) is 19.1. The number of furan rings is 1. The summed E-state index contributed by atoms with van der Waals surface area (Å²) >= 11 is 0. The molecule has 1 aromatic carbocycles. The molecule has 1 saturated heterocycles. The summed E-state index contributed by atoms with van der Waals surface area (Å²) in [6, 6.07) is 7.21. The maximum Gasteiger partial charge on any atom is 0.292 e. The van der Waals surface area contributed by atoms with Gasteiger partial charge in [0.15, 0.2) is 5.76 Å². The van der Waals surface area contributed by atoms with Crippen LogP contribution in [0.4, 0.5) is 4.39 Å². The smallest absolute Gasteiger partial charge is 0.292 e. The number of likely N-dealkylation sites (tertiary alicyclic amines) is 1. The number of carbonyl (C=O) groups is 3. The molecule has 4 heterocycles. The molecule has 3 aliphatic rings. The first kappa shape index (κ1) is 22.9. The molecule has 0 bridgehead atoms. The third kappa shape index (κ3) is 4.87. The Balaban J connectivity index is 1.22. The van der Waals surface area contributed by atoms with E-state index in [0.717, 1.165) is 24.2 Å². The second-order valence-electron chi connectivity index (χ2n) is 8.99. The van der Waals surface area contributed by atoms with Crippen molar-refractivity contribution in [2.45, 2.75) is 44.2 Å². The maximum absolute atomic E-state index is 14.6. The van der Waals surface area contributed by atoms with Crippen molar-refractivity contribution in [3.05, 3.63) is 70.6 Å². The van der Waals surface area contributed by atoms with Gasteiger partial charge in [0.2, 0.25) is 0 Å². The predicted octanol–water partition coefficient (Wildman–Crippen LogP) is 2.99. The lowest BCUT2D eigenvalue weighted by Gasteiger charge is -2.32. The van der Waals surface area contributed by atoms with E-state index in [0.29, 0.717) is 50.1 Å². The molecular formula is C25H26FN5O4. The summed E-state index contributed by atoms with van der Waals surface area (Å²) in [5, 5.41) is 14.1. The van der Waals surface area contributed by atoms with Crippen LogP contribution < -0.4 is 10.6 Å². The molecule has 10 heteroatoms. The van der Waals surface area contributed by atoms with Gasteiger partial charge in [-0.1, -0.05) is 6.07 Å². The van der Waals surface area contributed by atoms with Gasteiger partial charge in [0.25, 0.3) is 17.7 Å². The summed E-state index contributed by atoms with van der Waals surface area (Å²) in [6.45, 7) is 1.72. The van der Waals surface area contributed by atoms with E-state index in [9.17, 15) is 18.8 Å². The fourth-order valence-corrected chi connectivity index (χ4v) is 4.80. The number of benzene rings is 1. The standard InChI is InChI=1S/C25H26FN5O4/c26-19-6-5-15(14-20-22-17(3-1-9-27-22)24(33)30-29-20)13-18(19)23(32)28-16-7-10-31(11-8-16)25(34)21-4-2-12-35-21/h2,4-6,12-13,16,20,27H,1,3,7-11,14H2,(H,28,32). The highest BCUT2D eigenvalue weighted by molar-refractivity contribution is 5.96. The van der Waals surface area contributed by atoms with Crippen molar-refractivity contribution in [1.82, 2.24) is 15.5 Å². The van der Waals surface area contributed by atoms with Crippen LogP contribution in [0.3, 0.4) is 0 Å². The molecule has 1 unspecified atom stereocenters. The lowest BCUT2D eigenvalue weighted by molar-refractivity contribution is -0.115. The van der Waals surface area contributed by atoms with Crippen molar-refractivity contribution in [3.8, 4) is 0 Å². The van der Waals surface area contributed by atoms with Gasteiger partial charge in [-0.25, -0.2) is 4.39 Å². The topological polar surface area (TPSA) is 116 Å². The number of nitrogens with zero attached hydrogens (tertiary/aromatic N) is 3. The third-order valence-corrected chi connectivity index (χ3v) is 6.68. The van der Waals surface area contributed by atoms with E-state index in [1.54, 1.807) is 23.1 Å². The predicted molar refractivity (Wildman–Crippen MR) is 123 cm³/mol. The molecule has 0 radical (unpaired) electrons. The van der Waals surface area contributed by atoms with E-state index in [4.69, 9.17) is 4.42 Å². The van der Waals surface area contributed by atoms with Gasteiger partial charge in [-0.05, 0) is 55.5 Å². The minimum atomic E-state index is -0.604. The summed E-state index contributed by atoms with van der Waals surface area (Å²) in [4.78, 5) is 39.0. The van der Waals surface area contributed by atoms with E-state index < -0.39 is 11.7 Å². The van der Waals surface area contributed by atoms with Crippen LogP contribution in [-0.4, -0.2) is 54.3 Å². The molecular weight excluding hydrogens is 453 g/mol. The third-order valence-electron chi connectivity index (χ3n) is 6.68. The Bertz CT molecular complexity index is 1200. The van der Waals surface area contributed by atoms with Gasteiger partial charge in [0.1, 0.15) is 11.9 Å². The SMILES string of the molecule is O=C1N=NC(Cc2ccc(F)c(C(=O)NC3CCN(C(=O)c4ccco4)CC3)c2)C2=C1CCCN2. The van der Waals surface area contributed by atoms with Crippen molar-refractivity contribution in [1.29, 1.82) is 0 Å². The highest BCUT2D eigenvalue weighted by atomic mass is 19.1. The van der Waals surface area contributed by atoms with Gasteiger partial charge >= 0.3 is 0 Å². The highest BCUT2D eigenvalue weighted by Gasteiger charge is 2.30. The molecule has 2 N–H and O–H groups in total. The molecule has 0 saturated carbocycles. The normalized spacial score (nSPS) is 20.4. The fraction of sp³-hybridized carbons (Fsp3) is 0.400. The second-order valence-corrected chi connectivity index (χ2v) is 8.99. The zero-order valence-electron chi connectivity index (χ0n) is 19.1. The van der Waals surface area contributed by atoms with Crippen molar-refractivity contribution < 1.29 is 23.2 Å². The van der Waals surface area contributed by atoms with Crippen LogP contribution in [0, 0.1) is 5.82 Å². The van der Waals surface area contributed by atoms with Crippen LogP contribution in [0.15, 0.2) is 62.5 Å². The summed E-state index contributed by atoms with van der Waals surface area (Å²) in [6.07, 6.45) is 4.53. The van der Waals surface area contributed by atoms with Crippen molar-refractivity contribution in [3.63, 3.8) is 0 Å². The zero-order chi connectivity index (χ0) is 24.4. The van der Waals surface area contributed by atoms with E-state index in [1.807, 2.05) is 0 Å². The number of azo groups is 1. The molecule has 3 amide bonds. The van der Waals surface area contributed by atoms with Crippen molar-refractivity contribution >= 4 is 17.7 Å². The molecule has 2 aromatic rings. The van der Waals surface area contributed by atoms with Gasteiger partial charge < -0.3 is 20.0 Å². The molecule has 3 aliphatic heterocycles. The van der Waals surface area contributed by atoms with Gasteiger partial charge in [-0.2, -0.15) is 5.11 Å². The largest absolute Gasteiger partial charge is 0.459 e. The van der Waals surface area contributed by atoms with Gasteiger partial charge in [0.05, 0.1) is 11.8 Å². The summed E-state index contributed by atoms with van der Waals surface area (Å²) < 4.78 is 19.7. The Labute approximate surface area is 201 Å². The van der Waals surface area contributed by atoms with Crippen molar-refractivity contribution in [2.75, 3.05) is 19.6 Å². The number of piperidine rings is 1. The average Bonchev–Trinajstić information content (AvgIpc) is 3.42. The molecule has 1 fully saturated rings.